The van der Waals surface area contributed by atoms with E-state index in [1.807, 2.05) is 0 Å². The van der Waals surface area contributed by atoms with Crippen LogP contribution in [0.25, 0.3) is 0 Å². The van der Waals surface area contributed by atoms with E-state index >= 15 is 0 Å². The van der Waals surface area contributed by atoms with Crippen LogP contribution in [-0.2, 0) is 0 Å². The van der Waals surface area contributed by atoms with Gasteiger partial charge in [0, 0.05) is 12.1 Å². The van der Waals surface area contributed by atoms with Gasteiger partial charge in [-0.1, -0.05) is 11.2 Å². The number of oxime groups is 1. The lowest BCUT2D eigenvalue weighted by Crippen LogP contribution is -2.38. The second kappa shape index (κ2) is 5.90. The van der Waals surface area contributed by atoms with Crippen LogP contribution in [0.5, 0.6) is 5.75 Å². The normalized spacial score (nSPS) is 11.3. The van der Waals surface area contributed by atoms with E-state index in [4.69, 9.17) is 10.9 Å². The van der Waals surface area contributed by atoms with Gasteiger partial charge in [0.2, 0.25) is 0 Å². The Kier molecular flexibility index (Phi) is 4.53. The molecule has 0 heterocycles. The first-order chi connectivity index (χ1) is 8.49. The Labute approximate surface area is 105 Å². The van der Waals surface area contributed by atoms with E-state index in [9.17, 15) is 9.90 Å². The van der Waals surface area contributed by atoms with Crippen molar-refractivity contribution in [2.45, 2.75) is 13.8 Å². The summed E-state index contributed by atoms with van der Waals surface area (Å²) in [6.07, 6.45) is 0. The molecule has 6 heteroatoms. The molecule has 0 fully saturated rings. The number of rotatable bonds is 4. The van der Waals surface area contributed by atoms with Crippen molar-refractivity contribution in [3.05, 3.63) is 29.3 Å². The summed E-state index contributed by atoms with van der Waals surface area (Å²) in [6, 6.07) is 4.71. The molecular weight excluding hydrogens is 234 g/mol. The van der Waals surface area contributed by atoms with Crippen molar-refractivity contribution in [1.29, 1.82) is 0 Å². The number of amides is 1. The summed E-state index contributed by atoms with van der Waals surface area (Å²) in [7, 11) is 0. The van der Waals surface area contributed by atoms with Crippen molar-refractivity contribution in [2.75, 3.05) is 13.1 Å². The molecule has 0 atom stereocenters. The zero-order chi connectivity index (χ0) is 13.7. The van der Waals surface area contributed by atoms with Crippen molar-refractivity contribution < 1.29 is 15.1 Å². The van der Waals surface area contributed by atoms with Crippen LogP contribution in [0.1, 0.15) is 22.8 Å². The van der Waals surface area contributed by atoms with E-state index in [2.05, 4.69) is 5.16 Å². The zero-order valence-corrected chi connectivity index (χ0v) is 10.4. The predicted octanol–water partition coefficient (Wildman–Crippen LogP) is 0.909. The summed E-state index contributed by atoms with van der Waals surface area (Å²) in [4.78, 5) is 13.5. The van der Waals surface area contributed by atoms with Gasteiger partial charge in [0.05, 0.1) is 6.54 Å². The second-order valence-electron chi connectivity index (χ2n) is 3.91. The number of amidine groups is 1. The fourth-order valence-corrected chi connectivity index (χ4v) is 1.48. The van der Waals surface area contributed by atoms with E-state index in [1.165, 1.54) is 11.0 Å². The minimum atomic E-state index is -0.278. The monoisotopic (exact) mass is 251 g/mol. The van der Waals surface area contributed by atoms with Crippen molar-refractivity contribution in [2.24, 2.45) is 10.9 Å². The molecule has 0 bridgehead atoms. The number of carbonyl (C=O) groups is 1. The SMILES string of the molecule is CCN(CC(N)=NO)C(=O)c1ccc(C)c(O)c1. The van der Waals surface area contributed by atoms with Crippen LogP contribution in [0.15, 0.2) is 23.4 Å². The Hall–Kier alpha value is -2.24. The molecule has 0 aromatic heterocycles. The summed E-state index contributed by atoms with van der Waals surface area (Å²) < 4.78 is 0. The standard InChI is InChI=1S/C12H17N3O3/c1-3-15(7-11(13)14-18)12(17)9-5-4-8(2)10(16)6-9/h4-6,16,18H,3,7H2,1-2H3,(H2,13,14). The number of hydrogen-bond donors (Lipinski definition) is 3. The van der Waals surface area contributed by atoms with Gasteiger partial charge in [0.1, 0.15) is 5.75 Å². The number of likely N-dealkylation sites (N-methyl/N-ethyl adjacent to an activating group) is 1. The molecule has 6 nitrogen and oxygen atoms in total. The Bertz CT molecular complexity index is 472. The summed E-state index contributed by atoms with van der Waals surface area (Å²) in [6.45, 7) is 4.00. The van der Waals surface area contributed by atoms with Gasteiger partial charge < -0.3 is 20.9 Å². The van der Waals surface area contributed by atoms with Gasteiger partial charge in [0.15, 0.2) is 5.84 Å². The van der Waals surface area contributed by atoms with E-state index in [0.717, 1.165) is 0 Å². The maximum Gasteiger partial charge on any atom is 0.254 e. The molecule has 1 rings (SSSR count). The van der Waals surface area contributed by atoms with Crippen LogP contribution in [0.3, 0.4) is 0 Å². The van der Waals surface area contributed by atoms with Gasteiger partial charge in [-0.2, -0.15) is 0 Å². The van der Waals surface area contributed by atoms with Gasteiger partial charge in [-0.15, -0.1) is 0 Å². The maximum atomic E-state index is 12.1. The molecular formula is C12H17N3O3. The van der Waals surface area contributed by atoms with E-state index in [-0.39, 0.29) is 24.0 Å². The van der Waals surface area contributed by atoms with Crippen molar-refractivity contribution >= 4 is 11.7 Å². The highest BCUT2D eigenvalue weighted by molar-refractivity contribution is 5.97. The summed E-state index contributed by atoms with van der Waals surface area (Å²) in [5.74, 6) is -0.248. The van der Waals surface area contributed by atoms with E-state index in [1.54, 1.807) is 26.0 Å². The highest BCUT2D eigenvalue weighted by Crippen LogP contribution is 2.18. The average Bonchev–Trinajstić information content (AvgIpc) is 2.38. The number of phenols is 1. The molecule has 0 saturated carbocycles. The third-order valence-electron chi connectivity index (χ3n) is 2.61. The summed E-state index contributed by atoms with van der Waals surface area (Å²) in [5, 5.41) is 20.9. The van der Waals surface area contributed by atoms with Gasteiger partial charge in [-0.05, 0) is 31.5 Å². The summed E-state index contributed by atoms with van der Waals surface area (Å²) >= 11 is 0. The fraction of sp³-hybridized carbons (Fsp3) is 0.333. The topological polar surface area (TPSA) is 99.1 Å². The lowest BCUT2D eigenvalue weighted by Gasteiger charge is -2.20. The molecule has 0 saturated heterocycles. The third kappa shape index (κ3) is 3.13. The molecule has 1 aromatic carbocycles. The van der Waals surface area contributed by atoms with Crippen LogP contribution in [0, 0.1) is 6.92 Å². The Morgan fingerprint density at radius 2 is 2.17 bits per heavy atom. The Morgan fingerprint density at radius 1 is 1.50 bits per heavy atom. The fourth-order valence-electron chi connectivity index (χ4n) is 1.48. The van der Waals surface area contributed by atoms with Crippen molar-refractivity contribution in [3.8, 4) is 5.75 Å². The first-order valence-corrected chi connectivity index (χ1v) is 5.54. The van der Waals surface area contributed by atoms with Gasteiger partial charge in [-0.3, -0.25) is 4.79 Å². The maximum absolute atomic E-state index is 12.1. The van der Waals surface area contributed by atoms with Crippen LogP contribution >= 0.6 is 0 Å². The van der Waals surface area contributed by atoms with Crippen LogP contribution in [0.4, 0.5) is 0 Å². The Morgan fingerprint density at radius 3 is 2.67 bits per heavy atom. The highest BCUT2D eigenvalue weighted by atomic mass is 16.4. The summed E-state index contributed by atoms with van der Waals surface area (Å²) in [5.41, 5.74) is 6.44. The predicted molar refractivity (Wildman–Crippen MR) is 67.8 cm³/mol. The van der Waals surface area contributed by atoms with Crippen LogP contribution < -0.4 is 5.73 Å². The molecule has 1 amide bonds. The average molecular weight is 251 g/mol. The van der Waals surface area contributed by atoms with Crippen LogP contribution in [-0.4, -0.2) is 40.0 Å². The highest BCUT2D eigenvalue weighted by Gasteiger charge is 2.16. The quantitative estimate of drug-likeness (QED) is 0.320. The third-order valence-corrected chi connectivity index (χ3v) is 2.61. The lowest BCUT2D eigenvalue weighted by molar-refractivity contribution is 0.0786. The first-order valence-electron chi connectivity index (χ1n) is 5.54. The van der Waals surface area contributed by atoms with Gasteiger partial charge in [0.25, 0.3) is 5.91 Å². The number of aromatic hydroxyl groups is 1. The number of benzene rings is 1. The molecule has 0 unspecified atom stereocenters. The molecule has 0 spiro atoms. The largest absolute Gasteiger partial charge is 0.508 e. The van der Waals surface area contributed by atoms with E-state index in [0.29, 0.717) is 17.7 Å². The zero-order valence-electron chi connectivity index (χ0n) is 10.4. The Balaban J connectivity index is 2.93. The minimum Gasteiger partial charge on any atom is -0.508 e. The molecule has 98 valence electrons. The number of aryl methyl sites for hydroxylation is 1. The molecule has 0 aliphatic carbocycles. The minimum absolute atomic E-state index is 0.0402. The molecule has 0 radical (unpaired) electrons. The van der Waals surface area contributed by atoms with E-state index < -0.39 is 0 Å². The lowest BCUT2D eigenvalue weighted by atomic mass is 10.1. The van der Waals surface area contributed by atoms with Gasteiger partial charge in [-0.25, -0.2) is 0 Å². The molecule has 0 aliphatic heterocycles. The second-order valence-corrected chi connectivity index (χ2v) is 3.91. The van der Waals surface area contributed by atoms with Crippen LogP contribution in [0.2, 0.25) is 0 Å². The number of phenolic OH excluding ortho intramolecular Hbond substituents is 1. The number of nitrogens with zero attached hydrogens (tertiary/aromatic N) is 2. The molecule has 4 N–H and O–H groups in total. The molecule has 18 heavy (non-hydrogen) atoms. The number of nitrogens with two attached hydrogens (primary N) is 1. The molecule has 0 aliphatic rings. The van der Waals surface area contributed by atoms with Crippen molar-refractivity contribution in [1.82, 2.24) is 4.90 Å². The number of carbonyl (C=O) groups excluding carboxylic acids is 1. The van der Waals surface area contributed by atoms with Gasteiger partial charge >= 0.3 is 0 Å². The number of hydrogen-bond acceptors (Lipinski definition) is 4. The first kappa shape index (κ1) is 13.8. The smallest absolute Gasteiger partial charge is 0.254 e. The molecule has 1 aromatic rings. The van der Waals surface area contributed by atoms with Crippen molar-refractivity contribution in [3.63, 3.8) is 0 Å².